The molecule has 0 bridgehead atoms. The van der Waals surface area contributed by atoms with Crippen LogP contribution in [0.3, 0.4) is 0 Å². The van der Waals surface area contributed by atoms with Gasteiger partial charge >= 0.3 is 0 Å². The second-order valence-electron chi connectivity index (χ2n) is 5.89. The van der Waals surface area contributed by atoms with Gasteiger partial charge in [-0.25, -0.2) is 0 Å². The predicted molar refractivity (Wildman–Crippen MR) is 70.4 cm³/mol. The summed E-state index contributed by atoms with van der Waals surface area (Å²) >= 11 is 0. The summed E-state index contributed by atoms with van der Waals surface area (Å²) in [4.78, 5) is 29.0. The predicted octanol–water partition coefficient (Wildman–Crippen LogP) is 1.58. The van der Waals surface area contributed by atoms with E-state index in [0.717, 1.165) is 5.56 Å². The normalized spacial score (nSPS) is 24.1. The summed E-state index contributed by atoms with van der Waals surface area (Å²) in [6, 6.07) is 1.62. The van der Waals surface area contributed by atoms with Gasteiger partial charge in [-0.3, -0.25) is 14.6 Å². The lowest BCUT2D eigenvalue weighted by atomic mass is 9.82. The van der Waals surface area contributed by atoms with Crippen molar-refractivity contribution in [2.24, 2.45) is 0 Å². The molecule has 5 nitrogen and oxygen atoms in total. The van der Waals surface area contributed by atoms with Crippen molar-refractivity contribution in [3.05, 3.63) is 40.4 Å². The summed E-state index contributed by atoms with van der Waals surface area (Å²) in [6.07, 6.45) is 0.832. The van der Waals surface area contributed by atoms with Crippen LogP contribution in [0.2, 0.25) is 0 Å². The Hall–Kier alpha value is -2.01. The van der Waals surface area contributed by atoms with E-state index >= 15 is 0 Å². The highest BCUT2D eigenvalue weighted by molar-refractivity contribution is 6.25. The van der Waals surface area contributed by atoms with Crippen LogP contribution in [0.5, 0.6) is 0 Å². The molecule has 0 amide bonds. The molecule has 20 heavy (non-hydrogen) atoms. The fraction of sp³-hybridized carbons (Fsp3) is 0.400. The lowest BCUT2D eigenvalue weighted by molar-refractivity contribution is -0.0251. The number of ketones is 2. The molecule has 2 heterocycles. The molecule has 0 saturated carbocycles. The van der Waals surface area contributed by atoms with E-state index in [1.807, 2.05) is 0 Å². The van der Waals surface area contributed by atoms with Crippen LogP contribution >= 0.6 is 0 Å². The van der Waals surface area contributed by atoms with Gasteiger partial charge in [0.2, 0.25) is 5.78 Å². The van der Waals surface area contributed by atoms with Crippen LogP contribution in [0.1, 0.15) is 46.7 Å². The Kier molecular flexibility index (Phi) is 2.59. The van der Waals surface area contributed by atoms with Crippen LogP contribution in [0.4, 0.5) is 0 Å². The lowest BCUT2D eigenvalue weighted by Crippen LogP contribution is -2.42. The largest absolute Gasteiger partial charge is 0.483 e. The van der Waals surface area contributed by atoms with Crippen molar-refractivity contribution in [1.82, 2.24) is 4.98 Å². The number of carbonyl (C=O) groups excluding carboxylic acids is 2. The van der Waals surface area contributed by atoms with Crippen molar-refractivity contribution in [1.29, 1.82) is 0 Å². The van der Waals surface area contributed by atoms with Crippen molar-refractivity contribution in [3.63, 3.8) is 0 Å². The van der Waals surface area contributed by atoms with Crippen LogP contribution in [0.25, 0.3) is 0 Å². The number of aliphatic hydroxyl groups is 1. The van der Waals surface area contributed by atoms with Crippen LogP contribution in [0, 0.1) is 6.92 Å². The topological polar surface area (TPSA) is 76.5 Å². The van der Waals surface area contributed by atoms with Crippen LogP contribution < -0.4 is 0 Å². The van der Waals surface area contributed by atoms with E-state index in [4.69, 9.17) is 4.74 Å². The molecule has 0 saturated heterocycles. The molecule has 0 radical (unpaired) electrons. The van der Waals surface area contributed by atoms with Gasteiger partial charge in [0.25, 0.3) is 0 Å². The summed E-state index contributed by atoms with van der Waals surface area (Å²) in [5.74, 6) is -0.849. The molecule has 1 unspecified atom stereocenters. The van der Waals surface area contributed by atoms with Gasteiger partial charge < -0.3 is 9.84 Å². The minimum absolute atomic E-state index is 0.0531. The maximum atomic E-state index is 12.5. The monoisotopic (exact) mass is 273 g/mol. The molecule has 0 aromatic carbocycles. The number of pyridine rings is 1. The Balaban J connectivity index is 2.20. The summed E-state index contributed by atoms with van der Waals surface area (Å²) in [7, 11) is 0. The average Bonchev–Trinajstić information content (AvgIpc) is 2.34. The minimum Gasteiger partial charge on any atom is -0.483 e. The quantitative estimate of drug-likeness (QED) is 0.776. The van der Waals surface area contributed by atoms with Gasteiger partial charge in [0, 0.05) is 12.6 Å². The molecule has 1 aromatic rings. The molecule has 2 aliphatic rings. The van der Waals surface area contributed by atoms with Gasteiger partial charge in [-0.15, -0.1) is 0 Å². The first-order chi connectivity index (χ1) is 9.30. The fourth-order valence-corrected chi connectivity index (χ4v) is 2.69. The Bertz CT molecular complexity index is 672. The molecule has 1 atom stereocenters. The molecular formula is C15H15NO4. The Morgan fingerprint density at radius 1 is 1.35 bits per heavy atom. The zero-order valence-electron chi connectivity index (χ0n) is 11.6. The van der Waals surface area contributed by atoms with E-state index in [2.05, 4.69) is 4.98 Å². The van der Waals surface area contributed by atoms with Crippen molar-refractivity contribution in [3.8, 4) is 0 Å². The molecule has 0 spiro atoms. The maximum Gasteiger partial charge on any atom is 0.247 e. The fourth-order valence-electron chi connectivity index (χ4n) is 2.69. The van der Waals surface area contributed by atoms with E-state index in [0.29, 0.717) is 0 Å². The first-order valence-electron chi connectivity index (χ1n) is 6.47. The standard InChI is InChI=1S/C15H15NO4/c1-7-4-8-11(16-6-7)13(19)14-10(12(8)18)9(17)5-15(2,3)20-14/h4,6,9,17H,5H2,1-3H3. The van der Waals surface area contributed by atoms with Gasteiger partial charge in [-0.1, -0.05) is 0 Å². The number of hydrogen-bond acceptors (Lipinski definition) is 5. The maximum absolute atomic E-state index is 12.5. The first kappa shape index (κ1) is 13.0. The number of aryl methyl sites for hydroxylation is 1. The van der Waals surface area contributed by atoms with Crippen LogP contribution in [0.15, 0.2) is 23.6 Å². The van der Waals surface area contributed by atoms with Crippen molar-refractivity contribution in [2.75, 3.05) is 0 Å². The van der Waals surface area contributed by atoms with Crippen LogP contribution in [-0.4, -0.2) is 33.4 Å². The van der Waals surface area contributed by atoms with Gasteiger partial charge in [-0.2, -0.15) is 0 Å². The molecular weight excluding hydrogens is 258 g/mol. The molecule has 104 valence electrons. The SMILES string of the molecule is Cc1cnc2c(c1)C(=O)C1=C(OC(C)(C)CC1O)C2=O. The third kappa shape index (κ3) is 1.78. The van der Waals surface area contributed by atoms with Gasteiger partial charge in [0.05, 0.1) is 17.2 Å². The lowest BCUT2D eigenvalue weighted by Gasteiger charge is -2.37. The Morgan fingerprint density at radius 2 is 2.05 bits per heavy atom. The van der Waals surface area contributed by atoms with E-state index in [9.17, 15) is 14.7 Å². The number of nitrogens with zero attached hydrogens (tertiary/aromatic N) is 1. The van der Waals surface area contributed by atoms with E-state index < -0.39 is 17.5 Å². The average molecular weight is 273 g/mol. The second-order valence-corrected chi connectivity index (χ2v) is 5.89. The van der Waals surface area contributed by atoms with Gasteiger partial charge in [0.1, 0.15) is 11.3 Å². The number of Topliss-reactive ketones (excluding diaryl/α,β-unsaturated/α-hetero) is 2. The van der Waals surface area contributed by atoms with E-state index in [1.165, 1.54) is 0 Å². The van der Waals surface area contributed by atoms with Gasteiger partial charge in [-0.05, 0) is 32.4 Å². The minimum atomic E-state index is -0.987. The van der Waals surface area contributed by atoms with Crippen molar-refractivity contribution < 1.29 is 19.4 Å². The number of ether oxygens (including phenoxy) is 1. The highest BCUT2D eigenvalue weighted by atomic mass is 16.5. The molecule has 3 rings (SSSR count). The Morgan fingerprint density at radius 3 is 2.75 bits per heavy atom. The van der Waals surface area contributed by atoms with Crippen LogP contribution in [-0.2, 0) is 4.74 Å². The first-order valence-corrected chi connectivity index (χ1v) is 6.47. The number of rotatable bonds is 0. The number of aliphatic hydroxyl groups excluding tert-OH is 1. The second kappa shape index (κ2) is 3.99. The highest BCUT2D eigenvalue weighted by Gasteiger charge is 2.45. The molecule has 0 fully saturated rings. The number of fused-ring (bicyclic) bond motifs is 1. The summed E-state index contributed by atoms with van der Waals surface area (Å²) in [5, 5.41) is 10.2. The highest BCUT2D eigenvalue weighted by Crippen LogP contribution is 2.38. The molecule has 1 aliphatic heterocycles. The van der Waals surface area contributed by atoms with E-state index in [1.54, 1.807) is 33.0 Å². The van der Waals surface area contributed by atoms with Crippen molar-refractivity contribution >= 4 is 11.6 Å². The third-order valence-corrected chi connectivity index (χ3v) is 3.58. The Labute approximate surface area is 116 Å². The summed E-state index contributed by atoms with van der Waals surface area (Å²) in [5.41, 5.74) is 0.520. The van der Waals surface area contributed by atoms with E-state index in [-0.39, 0.29) is 34.8 Å². The number of allylic oxidation sites excluding steroid dienone is 1. The zero-order chi connectivity index (χ0) is 14.7. The third-order valence-electron chi connectivity index (χ3n) is 3.58. The molecule has 5 heteroatoms. The molecule has 1 N–H and O–H groups in total. The molecule has 1 aromatic heterocycles. The summed E-state index contributed by atoms with van der Waals surface area (Å²) in [6.45, 7) is 5.34. The zero-order valence-corrected chi connectivity index (χ0v) is 11.6. The number of carbonyl (C=O) groups is 2. The summed E-state index contributed by atoms with van der Waals surface area (Å²) < 4.78 is 5.63. The number of aromatic nitrogens is 1. The van der Waals surface area contributed by atoms with Crippen molar-refractivity contribution in [2.45, 2.75) is 38.9 Å². The van der Waals surface area contributed by atoms with Gasteiger partial charge in [0.15, 0.2) is 11.5 Å². The number of hydrogen-bond donors (Lipinski definition) is 1. The molecule has 1 aliphatic carbocycles. The smallest absolute Gasteiger partial charge is 0.247 e.